The van der Waals surface area contributed by atoms with E-state index >= 15 is 0 Å². The summed E-state index contributed by atoms with van der Waals surface area (Å²) in [5.74, 6) is 0. The van der Waals surface area contributed by atoms with Crippen LogP contribution in [0.1, 0.15) is 11.1 Å². The average molecular weight is 259 g/mol. The standard InChI is InChI=1S/C14H13NO2S/c1-10-6-7-12-14(8-10)18(16,17)13-5-3-2-4-11(13)9-15-12/h2-8,15H,9H2,1H3. The van der Waals surface area contributed by atoms with Crippen molar-refractivity contribution in [2.45, 2.75) is 23.3 Å². The predicted molar refractivity (Wildman–Crippen MR) is 70.4 cm³/mol. The fraction of sp³-hybridized carbons (Fsp3) is 0.143. The molecule has 3 rings (SSSR count). The Morgan fingerprint density at radius 1 is 1.06 bits per heavy atom. The highest BCUT2D eigenvalue weighted by molar-refractivity contribution is 7.91. The molecule has 4 heteroatoms. The number of fused-ring (bicyclic) bond motifs is 2. The fourth-order valence-electron chi connectivity index (χ4n) is 2.22. The van der Waals surface area contributed by atoms with E-state index in [9.17, 15) is 8.42 Å². The first-order valence-corrected chi connectivity index (χ1v) is 7.25. The number of anilines is 1. The van der Waals surface area contributed by atoms with Crippen molar-refractivity contribution in [1.29, 1.82) is 0 Å². The van der Waals surface area contributed by atoms with Crippen molar-refractivity contribution in [3.8, 4) is 0 Å². The van der Waals surface area contributed by atoms with E-state index in [0.717, 1.165) is 11.1 Å². The molecule has 92 valence electrons. The molecule has 0 spiro atoms. The van der Waals surface area contributed by atoms with Crippen LogP contribution in [0.4, 0.5) is 5.69 Å². The third-order valence-electron chi connectivity index (χ3n) is 3.16. The molecule has 0 amide bonds. The highest BCUT2D eigenvalue weighted by Crippen LogP contribution is 2.33. The largest absolute Gasteiger partial charge is 0.380 e. The van der Waals surface area contributed by atoms with Gasteiger partial charge in [0.05, 0.1) is 15.5 Å². The van der Waals surface area contributed by atoms with E-state index in [1.807, 2.05) is 31.2 Å². The van der Waals surface area contributed by atoms with E-state index in [-0.39, 0.29) is 0 Å². The van der Waals surface area contributed by atoms with Crippen LogP contribution in [0.15, 0.2) is 52.3 Å². The Hall–Kier alpha value is -1.81. The molecule has 0 saturated carbocycles. The maximum absolute atomic E-state index is 12.6. The zero-order valence-electron chi connectivity index (χ0n) is 9.97. The number of nitrogens with one attached hydrogen (secondary N) is 1. The average Bonchev–Trinajstić information content (AvgIpc) is 2.47. The fourth-order valence-corrected chi connectivity index (χ4v) is 3.97. The summed E-state index contributed by atoms with van der Waals surface area (Å²) >= 11 is 0. The van der Waals surface area contributed by atoms with Crippen LogP contribution < -0.4 is 5.32 Å². The van der Waals surface area contributed by atoms with Crippen LogP contribution in [-0.2, 0) is 16.4 Å². The Morgan fingerprint density at radius 2 is 1.83 bits per heavy atom. The highest BCUT2D eigenvalue weighted by Gasteiger charge is 2.26. The molecule has 18 heavy (non-hydrogen) atoms. The second-order valence-corrected chi connectivity index (χ2v) is 6.35. The minimum Gasteiger partial charge on any atom is -0.380 e. The van der Waals surface area contributed by atoms with E-state index in [4.69, 9.17) is 0 Å². The van der Waals surface area contributed by atoms with Crippen LogP contribution >= 0.6 is 0 Å². The van der Waals surface area contributed by atoms with Crippen molar-refractivity contribution in [1.82, 2.24) is 0 Å². The van der Waals surface area contributed by atoms with E-state index in [1.54, 1.807) is 18.2 Å². The molecular formula is C14H13NO2S. The number of aryl methyl sites for hydroxylation is 1. The molecule has 1 aliphatic heterocycles. The van der Waals surface area contributed by atoms with Crippen molar-refractivity contribution in [2.75, 3.05) is 5.32 Å². The molecule has 3 nitrogen and oxygen atoms in total. The van der Waals surface area contributed by atoms with Gasteiger partial charge in [0, 0.05) is 6.54 Å². The van der Waals surface area contributed by atoms with Gasteiger partial charge in [-0.25, -0.2) is 8.42 Å². The number of rotatable bonds is 0. The van der Waals surface area contributed by atoms with Gasteiger partial charge in [-0.15, -0.1) is 0 Å². The lowest BCUT2D eigenvalue weighted by Crippen LogP contribution is -2.03. The van der Waals surface area contributed by atoms with E-state index in [0.29, 0.717) is 22.0 Å². The topological polar surface area (TPSA) is 46.2 Å². The molecule has 0 radical (unpaired) electrons. The Morgan fingerprint density at radius 3 is 2.67 bits per heavy atom. The lowest BCUT2D eigenvalue weighted by atomic mass is 10.2. The van der Waals surface area contributed by atoms with Crippen molar-refractivity contribution < 1.29 is 8.42 Å². The van der Waals surface area contributed by atoms with Crippen molar-refractivity contribution in [2.24, 2.45) is 0 Å². The van der Waals surface area contributed by atoms with Crippen LogP contribution in [0, 0.1) is 6.92 Å². The van der Waals surface area contributed by atoms with Crippen LogP contribution in [-0.4, -0.2) is 8.42 Å². The molecular weight excluding hydrogens is 246 g/mol. The van der Waals surface area contributed by atoms with Crippen LogP contribution in [0.3, 0.4) is 0 Å². The smallest absolute Gasteiger partial charge is 0.208 e. The van der Waals surface area contributed by atoms with Gasteiger partial charge in [-0.05, 0) is 36.2 Å². The molecule has 1 N–H and O–H groups in total. The summed E-state index contributed by atoms with van der Waals surface area (Å²) in [6, 6.07) is 12.6. The van der Waals surface area contributed by atoms with Crippen LogP contribution in [0.25, 0.3) is 0 Å². The molecule has 0 atom stereocenters. The lowest BCUT2D eigenvalue weighted by molar-refractivity contribution is 0.596. The minimum atomic E-state index is -3.42. The lowest BCUT2D eigenvalue weighted by Gasteiger charge is -2.08. The summed E-state index contributed by atoms with van der Waals surface area (Å²) < 4.78 is 25.3. The van der Waals surface area contributed by atoms with Crippen LogP contribution in [0.5, 0.6) is 0 Å². The maximum atomic E-state index is 12.6. The number of sulfone groups is 1. The number of benzene rings is 2. The van der Waals surface area contributed by atoms with E-state index < -0.39 is 9.84 Å². The summed E-state index contributed by atoms with van der Waals surface area (Å²) in [4.78, 5) is 0.773. The third-order valence-corrected chi connectivity index (χ3v) is 5.05. The normalized spacial score (nSPS) is 16.1. The molecule has 0 aliphatic carbocycles. The van der Waals surface area contributed by atoms with E-state index in [1.165, 1.54) is 0 Å². The van der Waals surface area contributed by atoms with Crippen molar-refractivity contribution in [3.63, 3.8) is 0 Å². The maximum Gasteiger partial charge on any atom is 0.208 e. The van der Waals surface area contributed by atoms with Crippen LogP contribution in [0.2, 0.25) is 0 Å². The highest BCUT2D eigenvalue weighted by atomic mass is 32.2. The molecule has 0 bridgehead atoms. The second-order valence-electron chi connectivity index (χ2n) is 4.46. The first-order chi connectivity index (χ1) is 8.59. The monoisotopic (exact) mass is 259 g/mol. The molecule has 2 aromatic rings. The predicted octanol–water partition coefficient (Wildman–Crippen LogP) is 2.75. The third kappa shape index (κ3) is 1.61. The first-order valence-electron chi connectivity index (χ1n) is 5.76. The van der Waals surface area contributed by atoms with Gasteiger partial charge in [0.15, 0.2) is 0 Å². The van der Waals surface area contributed by atoms with Crippen molar-refractivity contribution >= 4 is 15.5 Å². The summed E-state index contributed by atoms with van der Waals surface area (Å²) in [5, 5.41) is 3.18. The van der Waals surface area contributed by atoms with Gasteiger partial charge in [-0.1, -0.05) is 24.3 Å². The Kier molecular flexibility index (Phi) is 2.41. The zero-order chi connectivity index (χ0) is 12.8. The molecule has 0 fully saturated rings. The van der Waals surface area contributed by atoms with Gasteiger partial charge in [0.2, 0.25) is 9.84 Å². The number of hydrogen-bond acceptors (Lipinski definition) is 3. The summed E-state index contributed by atoms with van der Waals surface area (Å²) in [6.45, 7) is 2.43. The molecule has 0 unspecified atom stereocenters. The summed E-state index contributed by atoms with van der Waals surface area (Å²) in [6.07, 6.45) is 0. The molecule has 0 saturated heterocycles. The summed E-state index contributed by atoms with van der Waals surface area (Å²) in [7, 11) is -3.42. The number of hydrogen-bond donors (Lipinski definition) is 1. The van der Waals surface area contributed by atoms with Gasteiger partial charge in [0.25, 0.3) is 0 Å². The zero-order valence-corrected chi connectivity index (χ0v) is 10.8. The Labute approximate surface area is 106 Å². The SMILES string of the molecule is Cc1ccc2c(c1)S(=O)(=O)c1ccccc1CN2. The molecule has 1 aliphatic rings. The first kappa shape index (κ1) is 11.3. The molecule has 0 aromatic heterocycles. The van der Waals surface area contributed by atoms with Gasteiger partial charge < -0.3 is 5.32 Å². The molecule has 1 heterocycles. The Bertz CT molecular complexity index is 720. The van der Waals surface area contributed by atoms with Gasteiger partial charge in [-0.2, -0.15) is 0 Å². The Balaban J connectivity index is 2.35. The minimum absolute atomic E-state index is 0.368. The van der Waals surface area contributed by atoms with E-state index in [2.05, 4.69) is 5.32 Å². The van der Waals surface area contributed by atoms with Gasteiger partial charge >= 0.3 is 0 Å². The van der Waals surface area contributed by atoms with Gasteiger partial charge in [-0.3, -0.25) is 0 Å². The van der Waals surface area contributed by atoms with Crippen molar-refractivity contribution in [3.05, 3.63) is 53.6 Å². The quantitative estimate of drug-likeness (QED) is 0.791. The summed E-state index contributed by atoms with van der Waals surface area (Å²) in [5.41, 5.74) is 2.43. The molecule has 2 aromatic carbocycles. The second kappa shape index (κ2) is 3.85. The van der Waals surface area contributed by atoms with Gasteiger partial charge in [0.1, 0.15) is 0 Å².